The van der Waals surface area contributed by atoms with Crippen LogP contribution >= 0.6 is 0 Å². The van der Waals surface area contributed by atoms with Crippen LogP contribution in [-0.2, 0) is 25.4 Å². The number of nitrogens with zero attached hydrogens (tertiary/aromatic N) is 5. The number of aliphatic hydroxyl groups is 1. The van der Waals surface area contributed by atoms with Crippen molar-refractivity contribution in [1.29, 1.82) is 0 Å². The molecule has 0 radical (unpaired) electrons. The quantitative estimate of drug-likeness (QED) is 0.772. The standard InChI is InChI=1S/C19H31N5O4/c1-13(2)28-12-14(25)11-24-15-16(21(3)19(27)22(4)17(15)26)20-18(24)23-9-7-5-6-8-10-23/h13-14,25H,5-12H2,1-4H3. The van der Waals surface area contributed by atoms with Crippen LogP contribution in [0.1, 0.15) is 39.5 Å². The highest BCUT2D eigenvalue weighted by Gasteiger charge is 2.24. The lowest BCUT2D eigenvalue weighted by atomic mass is 10.2. The number of aliphatic hydroxyl groups excluding tert-OH is 1. The average Bonchev–Trinajstić information content (AvgIpc) is 2.83. The highest BCUT2D eigenvalue weighted by atomic mass is 16.5. The summed E-state index contributed by atoms with van der Waals surface area (Å²) in [4.78, 5) is 32.1. The van der Waals surface area contributed by atoms with E-state index in [2.05, 4.69) is 9.88 Å². The lowest BCUT2D eigenvalue weighted by molar-refractivity contribution is -0.000180. The first kappa shape index (κ1) is 20.6. The highest BCUT2D eigenvalue weighted by Crippen LogP contribution is 2.23. The Hall–Kier alpha value is -2.13. The van der Waals surface area contributed by atoms with Gasteiger partial charge in [0.05, 0.1) is 25.4 Å². The molecule has 9 heteroatoms. The molecule has 28 heavy (non-hydrogen) atoms. The number of rotatable bonds is 6. The molecule has 1 aliphatic rings. The second-order valence-corrected chi connectivity index (χ2v) is 7.84. The maximum atomic E-state index is 12.9. The van der Waals surface area contributed by atoms with Gasteiger partial charge in [0, 0.05) is 27.2 Å². The van der Waals surface area contributed by atoms with Crippen LogP contribution in [0, 0.1) is 0 Å². The van der Waals surface area contributed by atoms with Gasteiger partial charge in [-0.25, -0.2) is 4.79 Å². The van der Waals surface area contributed by atoms with Crippen molar-refractivity contribution in [3.8, 4) is 0 Å². The Morgan fingerprint density at radius 3 is 2.32 bits per heavy atom. The topological polar surface area (TPSA) is 94.5 Å². The number of aromatic nitrogens is 4. The van der Waals surface area contributed by atoms with E-state index in [9.17, 15) is 14.7 Å². The Balaban J connectivity index is 2.12. The van der Waals surface area contributed by atoms with Crippen molar-refractivity contribution in [2.45, 2.75) is 58.3 Å². The molecule has 0 amide bonds. The van der Waals surface area contributed by atoms with E-state index in [1.165, 1.54) is 24.5 Å². The van der Waals surface area contributed by atoms with E-state index in [0.29, 0.717) is 17.1 Å². The van der Waals surface area contributed by atoms with Gasteiger partial charge in [0.15, 0.2) is 11.2 Å². The summed E-state index contributed by atoms with van der Waals surface area (Å²) in [6.45, 7) is 5.86. The molecule has 1 aliphatic heterocycles. The second-order valence-electron chi connectivity index (χ2n) is 7.84. The monoisotopic (exact) mass is 393 g/mol. The first-order valence-corrected chi connectivity index (χ1v) is 10.0. The molecule has 1 fully saturated rings. The molecule has 2 aromatic rings. The maximum Gasteiger partial charge on any atom is 0.332 e. The van der Waals surface area contributed by atoms with Gasteiger partial charge in [-0.05, 0) is 26.7 Å². The Bertz CT molecular complexity index is 934. The van der Waals surface area contributed by atoms with Crippen molar-refractivity contribution >= 4 is 17.1 Å². The number of aryl methyl sites for hydroxylation is 1. The first-order chi connectivity index (χ1) is 13.3. The third-order valence-electron chi connectivity index (χ3n) is 5.23. The minimum absolute atomic E-state index is 0.00736. The number of anilines is 1. The van der Waals surface area contributed by atoms with Crippen molar-refractivity contribution in [3.63, 3.8) is 0 Å². The fourth-order valence-corrected chi connectivity index (χ4v) is 3.69. The molecule has 3 heterocycles. The maximum absolute atomic E-state index is 12.9. The van der Waals surface area contributed by atoms with Crippen LogP contribution in [0.25, 0.3) is 11.2 Å². The Labute approximate surface area is 164 Å². The number of imidazole rings is 1. The van der Waals surface area contributed by atoms with E-state index in [1.807, 2.05) is 13.8 Å². The van der Waals surface area contributed by atoms with Gasteiger partial charge >= 0.3 is 5.69 Å². The van der Waals surface area contributed by atoms with Gasteiger partial charge in [0.25, 0.3) is 5.56 Å². The van der Waals surface area contributed by atoms with Gasteiger partial charge in [-0.3, -0.25) is 13.9 Å². The summed E-state index contributed by atoms with van der Waals surface area (Å²) >= 11 is 0. The molecule has 0 saturated carbocycles. The summed E-state index contributed by atoms with van der Waals surface area (Å²) in [6, 6.07) is 0. The molecule has 9 nitrogen and oxygen atoms in total. The summed E-state index contributed by atoms with van der Waals surface area (Å²) in [6.07, 6.45) is 3.67. The normalized spacial score (nSPS) is 16.7. The fraction of sp³-hybridized carbons (Fsp3) is 0.737. The van der Waals surface area contributed by atoms with Crippen molar-refractivity contribution in [2.24, 2.45) is 14.1 Å². The predicted molar refractivity (Wildman–Crippen MR) is 108 cm³/mol. The number of hydrogen-bond donors (Lipinski definition) is 1. The van der Waals surface area contributed by atoms with Crippen LogP contribution in [0.3, 0.4) is 0 Å². The van der Waals surface area contributed by atoms with E-state index >= 15 is 0 Å². The molecule has 1 saturated heterocycles. The summed E-state index contributed by atoms with van der Waals surface area (Å²) in [7, 11) is 3.08. The smallest absolute Gasteiger partial charge is 0.332 e. The van der Waals surface area contributed by atoms with Crippen molar-refractivity contribution < 1.29 is 9.84 Å². The molecular weight excluding hydrogens is 362 g/mol. The van der Waals surface area contributed by atoms with Gasteiger partial charge in [-0.15, -0.1) is 0 Å². The number of ether oxygens (including phenoxy) is 1. The Morgan fingerprint density at radius 2 is 1.71 bits per heavy atom. The minimum atomic E-state index is -0.785. The van der Waals surface area contributed by atoms with E-state index in [0.717, 1.165) is 30.5 Å². The molecule has 2 aromatic heterocycles. The molecule has 1 atom stereocenters. The Morgan fingerprint density at radius 1 is 1.07 bits per heavy atom. The van der Waals surface area contributed by atoms with E-state index in [4.69, 9.17) is 4.74 Å². The van der Waals surface area contributed by atoms with E-state index in [1.54, 1.807) is 11.6 Å². The Kier molecular flexibility index (Phi) is 6.24. The molecule has 0 spiro atoms. The third-order valence-corrected chi connectivity index (χ3v) is 5.23. The lowest BCUT2D eigenvalue weighted by Gasteiger charge is -2.24. The zero-order valence-electron chi connectivity index (χ0n) is 17.2. The molecule has 0 aromatic carbocycles. The van der Waals surface area contributed by atoms with E-state index < -0.39 is 17.4 Å². The third kappa shape index (κ3) is 4.00. The van der Waals surface area contributed by atoms with E-state index in [-0.39, 0.29) is 19.3 Å². The van der Waals surface area contributed by atoms with Crippen LogP contribution in [-0.4, -0.2) is 55.7 Å². The first-order valence-electron chi connectivity index (χ1n) is 10.0. The van der Waals surface area contributed by atoms with Crippen LogP contribution in [0.15, 0.2) is 9.59 Å². The molecule has 3 rings (SSSR count). The zero-order chi connectivity index (χ0) is 20.4. The molecule has 0 bridgehead atoms. The van der Waals surface area contributed by atoms with Crippen LogP contribution < -0.4 is 16.1 Å². The van der Waals surface area contributed by atoms with Crippen LogP contribution in [0.4, 0.5) is 5.95 Å². The largest absolute Gasteiger partial charge is 0.389 e. The van der Waals surface area contributed by atoms with Gasteiger partial charge in [0.1, 0.15) is 0 Å². The van der Waals surface area contributed by atoms with Gasteiger partial charge < -0.3 is 19.3 Å². The van der Waals surface area contributed by atoms with Crippen LogP contribution in [0.5, 0.6) is 0 Å². The molecule has 0 aliphatic carbocycles. The molecule has 156 valence electrons. The zero-order valence-corrected chi connectivity index (χ0v) is 17.2. The SMILES string of the molecule is CC(C)OCC(O)Cn1c(N2CCCCCC2)nc2c1c(=O)n(C)c(=O)n2C. The molecular formula is C19H31N5O4. The lowest BCUT2D eigenvalue weighted by Crippen LogP contribution is -2.38. The molecule has 1 N–H and O–H groups in total. The summed E-state index contributed by atoms with van der Waals surface area (Å²) in [5.74, 6) is 0.638. The summed E-state index contributed by atoms with van der Waals surface area (Å²) < 4.78 is 9.77. The highest BCUT2D eigenvalue weighted by molar-refractivity contribution is 5.74. The van der Waals surface area contributed by atoms with Crippen molar-refractivity contribution in [1.82, 2.24) is 18.7 Å². The van der Waals surface area contributed by atoms with Crippen molar-refractivity contribution in [2.75, 3.05) is 24.6 Å². The fourth-order valence-electron chi connectivity index (χ4n) is 3.69. The van der Waals surface area contributed by atoms with Crippen LogP contribution in [0.2, 0.25) is 0 Å². The minimum Gasteiger partial charge on any atom is -0.389 e. The molecule has 1 unspecified atom stereocenters. The number of hydrogen-bond acceptors (Lipinski definition) is 6. The summed E-state index contributed by atoms with van der Waals surface area (Å²) in [5, 5.41) is 10.5. The second kappa shape index (κ2) is 8.48. The average molecular weight is 393 g/mol. The van der Waals surface area contributed by atoms with Gasteiger partial charge in [-0.1, -0.05) is 12.8 Å². The predicted octanol–water partition coefficient (Wildman–Crippen LogP) is 0.600. The van der Waals surface area contributed by atoms with Gasteiger partial charge in [0.2, 0.25) is 5.95 Å². The van der Waals surface area contributed by atoms with Crippen molar-refractivity contribution in [3.05, 3.63) is 20.8 Å². The number of fused-ring (bicyclic) bond motifs is 1. The van der Waals surface area contributed by atoms with Gasteiger partial charge in [-0.2, -0.15) is 4.98 Å². The summed E-state index contributed by atoms with van der Waals surface area (Å²) in [5.41, 5.74) is -0.117.